The van der Waals surface area contributed by atoms with Crippen LogP contribution in [0.4, 0.5) is 11.4 Å². The second-order valence-electron chi connectivity index (χ2n) is 9.59. The van der Waals surface area contributed by atoms with E-state index in [1.807, 2.05) is 18.2 Å². The lowest BCUT2D eigenvalue weighted by atomic mass is 9.95. The molecule has 208 valence electrons. The number of carbonyl (C=O) groups is 1. The molecule has 0 N–H and O–H groups in total. The van der Waals surface area contributed by atoms with E-state index in [4.69, 9.17) is 9.47 Å². The monoisotopic (exact) mass is 562 g/mol. The fraction of sp³-hybridized carbons (Fsp3) is 0.345. The molecule has 2 aromatic carbocycles. The quantitative estimate of drug-likeness (QED) is 0.245. The number of para-hydroxylation sites is 1. The van der Waals surface area contributed by atoms with E-state index in [2.05, 4.69) is 9.89 Å². The number of anilines is 1. The van der Waals surface area contributed by atoms with Crippen LogP contribution in [0.1, 0.15) is 50.3 Å². The summed E-state index contributed by atoms with van der Waals surface area (Å²) < 4.78 is 12.8. The maximum Gasteiger partial charge on any atom is 0.338 e. The number of thiazole rings is 1. The minimum absolute atomic E-state index is 0.0490. The average Bonchev–Trinajstić information content (AvgIpc) is 3.26. The number of allylic oxidation sites excluding steroid dienone is 1. The number of non-ortho nitro benzene ring substituents is 1. The van der Waals surface area contributed by atoms with Crippen LogP contribution in [0.2, 0.25) is 0 Å². The minimum atomic E-state index is -0.819. The van der Waals surface area contributed by atoms with Gasteiger partial charge in [-0.1, -0.05) is 29.5 Å². The fourth-order valence-corrected chi connectivity index (χ4v) is 6.35. The highest BCUT2D eigenvalue weighted by molar-refractivity contribution is 7.07. The molecular weight excluding hydrogens is 532 g/mol. The first kappa shape index (κ1) is 27.3. The number of benzene rings is 2. The van der Waals surface area contributed by atoms with E-state index >= 15 is 0 Å². The number of methoxy groups -OCH3 is 1. The van der Waals surface area contributed by atoms with Gasteiger partial charge in [-0.05, 0) is 51.3 Å². The van der Waals surface area contributed by atoms with Crippen molar-refractivity contribution in [2.75, 3.05) is 31.7 Å². The summed E-state index contributed by atoms with van der Waals surface area (Å²) >= 11 is 1.18. The number of nitrogens with zero attached hydrogens (tertiary/aromatic N) is 4. The van der Waals surface area contributed by atoms with Crippen molar-refractivity contribution in [2.24, 2.45) is 4.99 Å². The highest BCUT2D eigenvalue weighted by Crippen LogP contribution is 2.36. The molecule has 0 amide bonds. The maximum atomic E-state index is 14.1. The topological polar surface area (TPSA) is 116 Å². The summed E-state index contributed by atoms with van der Waals surface area (Å²) in [5, 5.41) is 11.6. The molecule has 0 radical (unpaired) electrons. The molecule has 2 aliphatic heterocycles. The van der Waals surface area contributed by atoms with Gasteiger partial charge in [0.05, 0.1) is 34.4 Å². The van der Waals surface area contributed by atoms with E-state index in [0.717, 1.165) is 38.0 Å². The Morgan fingerprint density at radius 1 is 1.20 bits per heavy atom. The van der Waals surface area contributed by atoms with Crippen LogP contribution in [-0.4, -0.2) is 42.3 Å². The lowest BCUT2D eigenvalue weighted by Crippen LogP contribution is -2.40. The summed E-state index contributed by atoms with van der Waals surface area (Å²) in [6, 6.07) is 11.2. The normalized spacial score (nSPS) is 17.3. The van der Waals surface area contributed by atoms with E-state index in [-0.39, 0.29) is 23.4 Å². The summed E-state index contributed by atoms with van der Waals surface area (Å²) in [4.78, 5) is 45.6. The minimum Gasteiger partial charge on any atom is -0.496 e. The third-order valence-corrected chi connectivity index (χ3v) is 8.14. The third kappa shape index (κ3) is 5.04. The molecule has 2 aliphatic rings. The number of rotatable bonds is 7. The molecule has 11 heteroatoms. The largest absolute Gasteiger partial charge is 0.496 e. The van der Waals surface area contributed by atoms with Gasteiger partial charge in [0.15, 0.2) is 4.80 Å². The number of ether oxygens (including phenoxy) is 2. The van der Waals surface area contributed by atoms with Crippen LogP contribution in [-0.2, 0) is 9.53 Å². The first-order chi connectivity index (χ1) is 19.3. The number of esters is 1. The van der Waals surface area contributed by atoms with E-state index in [9.17, 15) is 19.7 Å². The molecule has 3 heterocycles. The Labute approximate surface area is 234 Å². The van der Waals surface area contributed by atoms with Gasteiger partial charge in [-0.25, -0.2) is 9.79 Å². The molecule has 10 nitrogen and oxygen atoms in total. The molecule has 0 aliphatic carbocycles. The molecule has 1 saturated heterocycles. The van der Waals surface area contributed by atoms with Gasteiger partial charge in [-0.15, -0.1) is 0 Å². The average molecular weight is 563 g/mol. The number of carbonyl (C=O) groups excluding carboxylic acids is 1. The van der Waals surface area contributed by atoms with E-state index in [0.29, 0.717) is 31.9 Å². The number of nitro groups is 1. The first-order valence-electron chi connectivity index (χ1n) is 13.2. The van der Waals surface area contributed by atoms with E-state index < -0.39 is 16.9 Å². The zero-order valence-corrected chi connectivity index (χ0v) is 23.4. The van der Waals surface area contributed by atoms with Crippen molar-refractivity contribution in [3.63, 3.8) is 0 Å². The van der Waals surface area contributed by atoms with Crippen molar-refractivity contribution < 1.29 is 19.2 Å². The van der Waals surface area contributed by atoms with Crippen molar-refractivity contribution in [3.8, 4) is 5.75 Å². The number of piperidine rings is 1. The van der Waals surface area contributed by atoms with Gasteiger partial charge >= 0.3 is 5.97 Å². The summed E-state index contributed by atoms with van der Waals surface area (Å²) in [5.74, 6) is -0.0374. The SMILES string of the molecule is CCOC(=O)C1=C(C)N=c2sc(=Cc3cc([N+](=O)[O-])ccc3N3CCCCC3)c(=O)n2C1c1ccccc1OC. The zero-order valence-electron chi connectivity index (χ0n) is 22.6. The highest BCUT2D eigenvalue weighted by atomic mass is 32.1. The molecular formula is C29H30N4O6S. The van der Waals surface area contributed by atoms with Crippen molar-refractivity contribution >= 4 is 34.8 Å². The molecule has 5 rings (SSSR count). The highest BCUT2D eigenvalue weighted by Gasteiger charge is 2.35. The number of hydrogen-bond acceptors (Lipinski definition) is 9. The maximum absolute atomic E-state index is 14.1. The second kappa shape index (κ2) is 11.5. The number of fused-ring (bicyclic) bond motifs is 1. The first-order valence-corrected chi connectivity index (χ1v) is 14.0. The van der Waals surface area contributed by atoms with Crippen LogP contribution in [0.15, 0.2) is 63.5 Å². The lowest BCUT2D eigenvalue weighted by molar-refractivity contribution is -0.384. The Morgan fingerprint density at radius 2 is 1.95 bits per heavy atom. The van der Waals surface area contributed by atoms with Gasteiger partial charge < -0.3 is 14.4 Å². The number of aromatic nitrogens is 1. The Balaban J connectivity index is 1.74. The van der Waals surface area contributed by atoms with Gasteiger partial charge in [0.25, 0.3) is 11.2 Å². The van der Waals surface area contributed by atoms with Gasteiger partial charge in [0.1, 0.15) is 11.8 Å². The van der Waals surface area contributed by atoms with Crippen LogP contribution >= 0.6 is 11.3 Å². The van der Waals surface area contributed by atoms with Gasteiger partial charge in [0, 0.05) is 42.0 Å². The van der Waals surface area contributed by atoms with Crippen molar-refractivity contribution in [1.82, 2.24) is 4.57 Å². The van der Waals surface area contributed by atoms with E-state index in [1.165, 1.54) is 35.1 Å². The molecule has 0 bridgehead atoms. The standard InChI is InChI=1S/C29H30N4O6S/c1-4-39-28(35)25-18(2)30-29-32(26(25)21-10-6-7-11-23(21)38-3)27(34)24(40-29)17-19-16-20(33(36)37)12-13-22(19)31-14-8-5-9-15-31/h6-7,10-13,16-17,26H,4-5,8-9,14-15H2,1-3H3. The molecule has 0 saturated carbocycles. The fourth-order valence-electron chi connectivity index (χ4n) is 5.31. The Bertz CT molecular complexity index is 1680. The molecule has 1 aromatic heterocycles. The van der Waals surface area contributed by atoms with E-state index in [1.54, 1.807) is 32.1 Å². The van der Waals surface area contributed by atoms with Crippen LogP contribution < -0.4 is 24.5 Å². The molecule has 0 spiro atoms. The predicted molar refractivity (Wildman–Crippen MR) is 153 cm³/mol. The molecule has 40 heavy (non-hydrogen) atoms. The lowest BCUT2D eigenvalue weighted by Gasteiger charge is -2.30. The Hall–Kier alpha value is -4.25. The number of hydrogen-bond donors (Lipinski definition) is 0. The van der Waals surface area contributed by atoms with Gasteiger partial charge in [0.2, 0.25) is 0 Å². The number of nitro benzene ring substituents is 1. The predicted octanol–water partition coefficient (Wildman–Crippen LogP) is 3.71. The van der Waals surface area contributed by atoms with Crippen LogP contribution in [0, 0.1) is 10.1 Å². The van der Waals surface area contributed by atoms with Crippen LogP contribution in [0.25, 0.3) is 6.08 Å². The summed E-state index contributed by atoms with van der Waals surface area (Å²) in [6.07, 6.45) is 4.91. The summed E-state index contributed by atoms with van der Waals surface area (Å²) in [6.45, 7) is 5.30. The Kier molecular flexibility index (Phi) is 7.83. The molecule has 1 unspecified atom stereocenters. The zero-order chi connectivity index (χ0) is 28.4. The summed E-state index contributed by atoms with van der Waals surface area (Å²) in [7, 11) is 1.54. The Morgan fingerprint density at radius 3 is 2.65 bits per heavy atom. The van der Waals surface area contributed by atoms with Crippen LogP contribution in [0.3, 0.4) is 0 Å². The van der Waals surface area contributed by atoms with Gasteiger partial charge in [-0.2, -0.15) is 0 Å². The van der Waals surface area contributed by atoms with Crippen molar-refractivity contribution in [3.05, 3.63) is 94.7 Å². The van der Waals surface area contributed by atoms with Crippen LogP contribution in [0.5, 0.6) is 5.75 Å². The second-order valence-corrected chi connectivity index (χ2v) is 10.6. The summed E-state index contributed by atoms with van der Waals surface area (Å²) in [5.41, 5.74) is 2.37. The van der Waals surface area contributed by atoms with Gasteiger partial charge in [-0.3, -0.25) is 19.5 Å². The molecule has 1 fully saturated rings. The smallest absolute Gasteiger partial charge is 0.338 e. The molecule has 3 aromatic rings. The van der Waals surface area contributed by atoms with Crippen molar-refractivity contribution in [1.29, 1.82) is 0 Å². The molecule has 1 atom stereocenters. The third-order valence-electron chi connectivity index (χ3n) is 7.16. The van der Waals surface area contributed by atoms with Crippen molar-refractivity contribution in [2.45, 2.75) is 39.2 Å².